The van der Waals surface area contributed by atoms with Crippen LogP contribution in [0.1, 0.15) is 10.4 Å². The molecule has 1 N–H and O–H groups in total. The van der Waals surface area contributed by atoms with Crippen molar-refractivity contribution >= 4 is 29.2 Å². The molecule has 0 atom stereocenters. The van der Waals surface area contributed by atoms with Gasteiger partial charge in [-0.15, -0.1) is 0 Å². The van der Waals surface area contributed by atoms with Gasteiger partial charge < -0.3 is 10.1 Å². The first kappa shape index (κ1) is 15.9. The molecule has 2 aromatic carbocycles. The Morgan fingerprint density at radius 2 is 1.91 bits per heavy atom. The van der Waals surface area contributed by atoms with Crippen molar-refractivity contribution in [2.75, 3.05) is 11.9 Å². The number of carbonyl (C=O) groups excluding carboxylic acids is 2. The van der Waals surface area contributed by atoms with Crippen LogP contribution in [-0.2, 0) is 9.53 Å². The van der Waals surface area contributed by atoms with Crippen LogP contribution in [-0.4, -0.2) is 18.5 Å². The fraction of sp³-hybridized carbons (Fsp3) is 0.0667. The quantitative estimate of drug-likeness (QED) is 0.876. The topological polar surface area (TPSA) is 55.4 Å². The van der Waals surface area contributed by atoms with Crippen molar-refractivity contribution in [3.05, 3.63) is 64.7 Å². The number of benzene rings is 2. The summed E-state index contributed by atoms with van der Waals surface area (Å²) < 4.78 is 30.7. The Morgan fingerprint density at radius 3 is 2.59 bits per heavy atom. The van der Waals surface area contributed by atoms with E-state index in [4.69, 9.17) is 16.3 Å². The molecule has 0 saturated heterocycles. The van der Waals surface area contributed by atoms with Crippen LogP contribution >= 0.6 is 11.6 Å². The van der Waals surface area contributed by atoms with Crippen LogP contribution < -0.4 is 5.32 Å². The molecule has 0 fully saturated rings. The van der Waals surface area contributed by atoms with Gasteiger partial charge in [0.1, 0.15) is 11.6 Å². The van der Waals surface area contributed by atoms with Gasteiger partial charge in [0.25, 0.3) is 5.91 Å². The lowest BCUT2D eigenvalue weighted by atomic mass is 10.2. The van der Waals surface area contributed by atoms with Crippen LogP contribution in [0.25, 0.3) is 0 Å². The highest BCUT2D eigenvalue weighted by Gasteiger charge is 2.11. The third kappa shape index (κ3) is 4.26. The molecule has 0 unspecified atom stereocenters. The molecule has 22 heavy (non-hydrogen) atoms. The molecular weight excluding hydrogens is 316 g/mol. The van der Waals surface area contributed by atoms with Crippen molar-refractivity contribution in [3.63, 3.8) is 0 Å². The van der Waals surface area contributed by atoms with E-state index in [-0.39, 0.29) is 16.3 Å². The van der Waals surface area contributed by atoms with Gasteiger partial charge in [-0.05, 0) is 36.4 Å². The van der Waals surface area contributed by atoms with Crippen LogP contribution in [0.2, 0.25) is 5.02 Å². The standard InChI is InChI=1S/C15H10ClF2NO3/c16-12-7-11(4-5-13(12)18)19-14(20)8-22-15(21)9-2-1-3-10(17)6-9/h1-7H,8H2,(H,19,20). The Hall–Kier alpha value is -2.47. The van der Waals surface area contributed by atoms with Gasteiger partial charge in [-0.1, -0.05) is 17.7 Å². The van der Waals surface area contributed by atoms with Crippen molar-refractivity contribution < 1.29 is 23.1 Å². The first-order valence-electron chi connectivity index (χ1n) is 6.13. The fourth-order valence-corrected chi connectivity index (χ4v) is 1.78. The Kier molecular flexibility index (Phi) is 5.06. The maximum Gasteiger partial charge on any atom is 0.338 e. The average molecular weight is 326 g/mol. The number of anilines is 1. The predicted octanol–water partition coefficient (Wildman–Crippen LogP) is 3.41. The summed E-state index contributed by atoms with van der Waals surface area (Å²) in [5.74, 6) is -2.66. The highest BCUT2D eigenvalue weighted by Crippen LogP contribution is 2.19. The smallest absolute Gasteiger partial charge is 0.338 e. The number of halogens is 3. The van der Waals surface area contributed by atoms with Crippen molar-refractivity contribution in [2.45, 2.75) is 0 Å². The maximum absolute atomic E-state index is 13.0. The summed E-state index contributed by atoms with van der Waals surface area (Å²) >= 11 is 5.57. The molecule has 0 heterocycles. The Bertz CT molecular complexity index is 722. The molecule has 0 spiro atoms. The van der Waals surface area contributed by atoms with Crippen molar-refractivity contribution in [1.29, 1.82) is 0 Å². The number of amides is 1. The minimum Gasteiger partial charge on any atom is -0.452 e. The van der Waals surface area contributed by atoms with E-state index in [1.807, 2.05) is 0 Å². The highest BCUT2D eigenvalue weighted by atomic mass is 35.5. The lowest BCUT2D eigenvalue weighted by molar-refractivity contribution is -0.119. The monoisotopic (exact) mass is 325 g/mol. The van der Waals surface area contributed by atoms with Gasteiger partial charge in [0, 0.05) is 5.69 Å². The van der Waals surface area contributed by atoms with Gasteiger partial charge in [-0.2, -0.15) is 0 Å². The Labute approximate surface area is 129 Å². The van der Waals surface area contributed by atoms with E-state index in [1.165, 1.54) is 30.3 Å². The summed E-state index contributed by atoms with van der Waals surface area (Å²) in [6.45, 7) is -0.565. The lowest BCUT2D eigenvalue weighted by Crippen LogP contribution is -2.21. The van der Waals surface area contributed by atoms with Crippen molar-refractivity contribution in [3.8, 4) is 0 Å². The van der Waals surface area contributed by atoms with Crippen molar-refractivity contribution in [2.24, 2.45) is 0 Å². The van der Waals surface area contributed by atoms with Gasteiger partial charge in [0.15, 0.2) is 6.61 Å². The van der Waals surface area contributed by atoms with Crippen LogP contribution in [0.3, 0.4) is 0 Å². The van der Waals surface area contributed by atoms with E-state index in [2.05, 4.69) is 5.32 Å². The Morgan fingerprint density at radius 1 is 1.14 bits per heavy atom. The molecule has 0 saturated carbocycles. The normalized spacial score (nSPS) is 10.1. The molecule has 2 rings (SSSR count). The van der Waals surface area contributed by atoms with E-state index in [0.717, 1.165) is 12.1 Å². The second-order valence-corrected chi connectivity index (χ2v) is 4.67. The number of nitrogens with one attached hydrogen (secondary N) is 1. The molecule has 4 nitrogen and oxygen atoms in total. The molecule has 114 valence electrons. The van der Waals surface area contributed by atoms with E-state index in [0.29, 0.717) is 0 Å². The third-order valence-corrected chi connectivity index (χ3v) is 2.89. The third-order valence-electron chi connectivity index (χ3n) is 2.60. The van der Waals surface area contributed by atoms with Gasteiger partial charge >= 0.3 is 5.97 Å². The zero-order valence-electron chi connectivity index (χ0n) is 11.1. The van der Waals surface area contributed by atoms with E-state index in [9.17, 15) is 18.4 Å². The second kappa shape index (κ2) is 7.00. The van der Waals surface area contributed by atoms with Gasteiger partial charge in [-0.3, -0.25) is 4.79 Å². The minimum atomic E-state index is -0.827. The summed E-state index contributed by atoms with van der Waals surface area (Å²) in [5.41, 5.74) is 0.260. The fourth-order valence-electron chi connectivity index (χ4n) is 1.60. The zero-order valence-corrected chi connectivity index (χ0v) is 11.9. The van der Waals surface area contributed by atoms with Crippen LogP contribution in [0.15, 0.2) is 42.5 Å². The zero-order chi connectivity index (χ0) is 16.1. The summed E-state index contributed by atoms with van der Waals surface area (Å²) in [6.07, 6.45) is 0. The number of hydrogen-bond acceptors (Lipinski definition) is 3. The molecule has 7 heteroatoms. The van der Waals surface area contributed by atoms with Crippen molar-refractivity contribution in [1.82, 2.24) is 0 Å². The van der Waals surface area contributed by atoms with Crippen LogP contribution in [0.4, 0.5) is 14.5 Å². The molecule has 2 aromatic rings. The summed E-state index contributed by atoms with van der Waals surface area (Å²) in [6, 6.07) is 8.53. The van der Waals surface area contributed by atoms with Crippen LogP contribution in [0.5, 0.6) is 0 Å². The number of esters is 1. The highest BCUT2D eigenvalue weighted by molar-refractivity contribution is 6.31. The van der Waals surface area contributed by atoms with Gasteiger partial charge in [0.05, 0.1) is 10.6 Å². The molecule has 0 aliphatic rings. The molecule has 0 aliphatic heterocycles. The number of hydrogen-bond donors (Lipinski definition) is 1. The van der Waals surface area contributed by atoms with Crippen LogP contribution in [0, 0.1) is 11.6 Å². The predicted molar refractivity (Wildman–Crippen MR) is 76.7 cm³/mol. The number of ether oxygens (including phenoxy) is 1. The molecule has 0 aromatic heterocycles. The van der Waals surface area contributed by atoms with E-state index in [1.54, 1.807) is 0 Å². The summed E-state index contributed by atoms with van der Waals surface area (Å²) in [4.78, 5) is 23.2. The largest absolute Gasteiger partial charge is 0.452 e. The maximum atomic E-state index is 13.0. The first-order chi connectivity index (χ1) is 10.5. The molecule has 0 radical (unpaired) electrons. The molecular formula is C15H10ClF2NO3. The lowest BCUT2D eigenvalue weighted by Gasteiger charge is -2.07. The van der Waals surface area contributed by atoms with Gasteiger partial charge in [-0.25, -0.2) is 13.6 Å². The number of rotatable bonds is 4. The van der Waals surface area contributed by atoms with Gasteiger partial charge in [0.2, 0.25) is 0 Å². The van der Waals surface area contributed by atoms with E-state index >= 15 is 0 Å². The SMILES string of the molecule is O=C(COC(=O)c1cccc(F)c1)Nc1ccc(F)c(Cl)c1. The Balaban J connectivity index is 1.90. The van der Waals surface area contributed by atoms with E-state index < -0.39 is 30.1 Å². The molecule has 1 amide bonds. The second-order valence-electron chi connectivity index (χ2n) is 4.26. The summed E-state index contributed by atoms with van der Waals surface area (Å²) in [7, 11) is 0. The minimum absolute atomic E-state index is 0.00220. The summed E-state index contributed by atoms with van der Waals surface area (Å²) in [5, 5.41) is 2.24. The average Bonchev–Trinajstić information content (AvgIpc) is 2.48. The number of carbonyl (C=O) groups is 2. The first-order valence-corrected chi connectivity index (χ1v) is 6.51. The molecule has 0 bridgehead atoms. The molecule has 0 aliphatic carbocycles.